The van der Waals surface area contributed by atoms with Gasteiger partial charge >= 0.3 is 18.3 Å². The molecule has 0 aliphatic heterocycles. The Hall–Kier alpha value is -5.78. The summed E-state index contributed by atoms with van der Waals surface area (Å²) in [5.74, 6) is 0.00348. The fourth-order valence-corrected chi connectivity index (χ4v) is 6.22. The molecule has 0 atom stereocenters. The number of amides is 3. The quantitative estimate of drug-likeness (QED) is 0.104. The molecular weight excluding hydrogens is 710 g/mol. The van der Waals surface area contributed by atoms with Crippen LogP contribution in [0.1, 0.15) is 62.3 Å². The molecule has 0 aliphatic carbocycles. The standard InChI is InChI=1S/C35H43N7O10S/c1-33(2,3)50-30(43)37-24-14-12-13-23(21-24)25-22-36-40-18-17-28(38-29(25)40)39(31(44)51-34(4,5)6)19-20-41(32(45)52-35(7,8)9)53(48,49)27-16-11-10-15-26(27)42(46)47/h10-18,21-22H,19-20H2,1-9H3,(H,37,43). The van der Waals surface area contributed by atoms with E-state index in [0.29, 0.717) is 21.1 Å². The van der Waals surface area contributed by atoms with Crippen LogP contribution in [0.25, 0.3) is 16.8 Å². The number of benzene rings is 2. The molecule has 0 aliphatic rings. The van der Waals surface area contributed by atoms with Gasteiger partial charge in [0.25, 0.3) is 15.7 Å². The fraction of sp³-hybridized carbons (Fsp3) is 0.400. The maximum absolute atomic E-state index is 14.0. The van der Waals surface area contributed by atoms with Crippen LogP contribution in [0, 0.1) is 10.1 Å². The van der Waals surface area contributed by atoms with Gasteiger partial charge in [-0.05, 0) is 92.1 Å². The van der Waals surface area contributed by atoms with Gasteiger partial charge in [0.05, 0.1) is 17.7 Å². The molecule has 284 valence electrons. The summed E-state index contributed by atoms with van der Waals surface area (Å²) >= 11 is 0. The minimum atomic E-state index is -4.91. The highest BCUT2D eigenvalue weighted by atomic mass is 32.2. The van der Waals surface area contributed by atoms with E-state index in [0.717, 1.165) is 17.0 Å². The van der Waals surface area contributed by atoms with Crippen LogP contribution < -0.4 is 10.2 Å². The second kappa shape index (κ2) is 15.1. The molecule has 1 N–H and O–H groups in total. The number of hydrogen-bond acceptors (Lipinski definition) is 12. The third-order valence-electron chi connectivity index (χ3n) is 6.82. The Morgan fingerprint density at radius 2 is 1.47 bits per heavy atom. The molecule has 2 aromatic carbocycles. The van der Waals surface area contributed by atoms with Crippen LogP contribution in [0.2, 0.25) is 0 Å². The molecule has 3 amide bonds. The SMILES string of the molecule is CC(C)(C)OC(=O)Nc1cccc(-c2cnn3ccc(N(CCN(C(=O)OC(C)(C)C)S(=O)(=O)c4ccccc4[N+](=O)[O-])C(=O)OC(C)(C)C)nc23)c1. The maximum atomic E-state index is 14.0. The van der Waals surface area contributed by atoms with Crippen molar-refractivity contribution < 1.29 is 41.9 Å². The Labute approximate surface area is 307 Å². The highest BCUT2D eigenvalue weighted by Crippen LogP contribution is 2.30. The minimum absolute atomic E-state index is 0.00348. The van der Waals surface area contributed by atoms with E-state index in [1.807, 2.05) is 0 Å². The number of nitrogens with zero attached hydrogens (tertiary/aromatic N) is 6. The second-order valence-corrected chi connectivity index (χ2v) is 16.6. The van der Waals surface area contributed by atoms with Crippen molar-refractivity contribution in [2.24, 2.45) is 0 Å². The zero-order valence-corrected chi connectivity index (χ0v) is 31.8. The van der Waals surface area contributed by atoms with Crippen LogP contribution in [-0.2, 0) is 24.2 Å². The first-order valence-corrected chi connectivity index (χ1v) is 17.8. The number of carbonyl (C=O) groups excluding carboxylic acids is 3. The Morgan fingerprint density at radius 3 is 2.09 bits per heavy atom. The number of carbonyl (C=O) groups is 3. The molecule has 4 aromatic rings. The number of ether oxygens (including phenoxy) is 3. The van der Waals surface area contributed by atoms with Crippen LogP contribution >= 0.6 is 0 Å². The summed E-state index contributed by atoms with van der Waals surface area (Å²) in [6, 6.07) is 12.9. The normalized spacial score (nSPS) is 12.2. The number of nitro benzene ring substituents is 1. The largest absolute Gasteiger partial charge is 0.444 e. The molecule has 2 heterocycles. The van der Waals surface area contributed by atoms with Crippen LogP contribution in [-0.4, -0.2) is 80.4 Å². The van der Waals surface area contributed by atoms with Gasteiger partial charge in [0.1, 0.15) is 22.6 Å². The van der Waals surface area contributed by atoms with Crippen molar-refractivity contribution >= 4 is 51.1 Å². The first-order valence-electron chi connectivity index (χ1n) is 16.4. The maximum Gasteiger partial charge on any atom is 0.424 e. The zero-order valence-electron chi connectivity index (χ0n) is 30.9. The lowest BCUT2D eigenvalue weighted by molar-refractivity contribution is -0.387. The fourth-order valence-electron chi connectivity index (χ4n) is 4.77. The van der Waals surface area contributed by atoms with Gasteiger partial charge in [-0.25, -0.2) is 32.3 Å². The van der Waals surface area contributed by atoms with Crippen LogP contribution in [0.4, 0.5) is 31.6 Å². The zero-order chi connectivity index (χ0) is 39.5. The Bertz CT molecular complexity index is 2130. The van der Waals surface area contributed by atoms with Crippen molar-refractivity contribution in [1.29, 1.82) is 0 Å². The number of hydrogen-bond donors (Lipinski definition) is 1. The average Bonchev–Trinajstić information content (AvgIpc) is 3.44. The predicted molar refractivity (Wildman–Crippen MR) is 195 cm³/mol. The van der Waals surface area contributed by atoms with E-state index < -0.39 is 73.7 Å². The second-order valence-electron chi connectivity index (χ2n) is 14.7. The van der Waals surface area contributed by atoms with E-state index in [4.69, 9.17) is 14.2 Å². The third kappa shape index (κ3) is 10.4. The smallest absolute Gasteiger partial charge is 0.424 e. The minimum Gasteiger partial charge on any atom is -0.444 e. The molecule has 18 heteroatoms. The first-order chi connectivity index (χ1) is 24.4. The van der Waals surface area contributed by atoms with Gasteiger partial charge in [0.2, 0.25) is 0 Å². The van der Waals surface area contributed by atoms with Gasteiger partial charge in [-0.3, -0.25) is 20.3 Å². The number of fused-ring (bicyclic) bond motifs is 1. The summed E-state index contributed by atoms with van der Waals surface area (Å²) in [5.41, 5.74) is -1.78. The van der Waals surface area contributed by atoms with Crippen molar-refractivity contribution in [3.05, 3.63) is 77.1 Å². The van der Waals surface area contributed by atoms with Crippen LogP contribution in [0.15, 0.2) is 71.9 Å². The summed E-state index contributed by atoms with van der Waals surface area (Å²) in [5, 5.41) is 18.8. The Morgan fingerprint density at radius 1 is 0.849 bits per heavy atom. The van der Waals surface area contributed by atoms with Crippen molar-refractivity contribution in [3.8, 4) is 11.1 Å². The van der Waals surface area contributed by atoms with Crippen molar-refractivity contribution in [2.75, 3.05) is 23.3 Å². The molecule has 0 radical (unpaired) electrons. The number of nitrogens with one attached hydrogen (secondary N) is 1. The number of anilines is 2. The monoisotopic (exact) mass is 753 g/mol. The molecule has 53 heavy (non-hydrogen) atoms. The number of para-hydroxylation sites is 1. The molecule has 4 rings (SSSR count). The van der Waals surface area contributed by atoms with Gasteiger partial charge in [-0.1, -0.05) is 24.3 Å². The molecule has 17 nitrogen and oxygen atoms in total. The average molecular weight is 754 g/mol. The Balaban J connectivity index is 1.77. The van der Waals surface area contributed by atoms with Crippen molar-refractivity contribution in [3.63, 3.8) is 0 Å². The highest BCUT2D eigenvalue weighted by molar-refractivity contribution is 7.89. The van der Waals surface area contributed by atoms with Crippen LogP contribution in [0.5, 0.6) is 0 Å². The molecule has 2 aromatic heterocycles. The Kier molecular flexibility index (Phi) is 11.4. The summed E-state index contributed by atoms with van der Waals surface area (Å²) in [4.78, 5) is 55.5. The van der Waals surface area contributed by atoms with Gasteiger partial charge in [-0.2, -0.15) is 9.40 Å². The highest BCUT2D eigenvalue weighted by Gasteiger charge is 2.38. The van der Waals surface area contributed by atoms with E-state index in [-0.39, 0.29) is 11.5 Å². The van der Waals surface area contributed by atoms with Crippen molar-refractivity contribution in [1.82, 2.24) is 18.9 Å². The molecule has 0 spiro atoms. The lowest BCUT2D eigenvalue weighted by atomic mass is 10.1. The van der Waals surface area contributed by atoms with Gasteiger partial charge in [0.15, 0.2) is 10.5 Å². The molecule has 0 unspecified atom stereocenters. The number of aromatic nitrogens is 3. The first kappa shape index (κ1) is 40.0. The third-order valence-corrected chi connectivity index (χ3v) is 8.63. The van der Waals surface area contributed by atoms with Gasteiger partial charge in [-0.15, -0.1) is 0 Å². The number of sulfonamides is 1. The topological polar surface area (TPSA) is 205 Å². The van der Waals surface area contributed by atoms with Crippen molar-refractivity contribution in [2.45, 2.75) is 84.0 Å². The molecular formula is C35H43N7O10S. The molecule has 0 saturated heterocycles. The van der Waals surface area contributed by atoms with E-state index in [1.54, 1.807) is 72.0 Å². The van der Waals surface area contributed by atoms with Crippen LogP contribution in [0.3, 0.4) is 0 Å². The summed E-state index contributed by atoms with van der Waals surface area (Å²) in [7, 11) is -4.91. The number of rotatable bonds is 9. The summed E-state index contributed by atoms with van der Waals surface area (Å²) in [6.07, 6.45) is 0.177. The number of nitro groups is 1. The molecule has 0 saturated carbocycles. The van der Waals surface area contributed by atoms with E-state index >= 15 is 0 Å². The lowest BCUT2D eigenvalue weighted by Gasteiger charge is -2.30. The van der Waals surface area contributed by atoms with Gasteiger partial charge < -0.3 is 14.2 Å². The lowest BCUT2D eigenvalue weighted by Crippen LogP contribution is -2.47. The van der Waals surface area contributed by atoms with E-state index in [9.17, 15) is 32.9 Å². The molecule has 0 fully saturated rings. The van der Waals surface area contributed by atoms with Gasteiger partial charge in [0, 0.05) is 30.1 Å². The molecule has 0 bridgehead atoms. The van der Waals surface area contributed by atoms with E-state index in [2.05, 4.69) is 15.4 Å². The summed E-state index contributed by atoms with van der Waals surface area (Å²) < 4.78 is 46.1. The van der Waals surface area contributed by atoms with E-state index in [1.165, 1.54) is 49.7 Å². The summed E-state index contributed by atoms with van der Waals surface area (Å²) in [6.45, 7) is 13.5. The predicted octanol–water partition coefficient (Wildman–Crippen LogP) is 7.02.